The predicted molar refractivity (Wildman–Crippen MR) is 113 cm³/mol. The summed E-state index contributed by atoms with van der Waals surface area (Å²) in [5.41, 5.74) is 0.234. The molecular weight excluding hydrogens is 354 g/mol. The summed E-state index contributed by atoms with van der Waals surface area (Å²) in [6.07, 6.45) is 0. The van der Waals surface area contributed by atoms with Crippen LogP contribution < -0.4 is 4.90 Å². The van der Waals surface area contributed by atoms with Gasteiger partial charge in [-0.2, -0.15) is 0 Å². The van der Waals surface area contributed by atoms with Crippen molar-refractivity contribution < 1.29 is 18.1 Å². The zero-order valence-corrected chi connectivity index (χ0v) is 14.5. The van der Waals surface area contributed by atoms with Gasteiger partial charge in [0.05, 0.1) is 18.7 Å². The molecule has 0 unspecified atom stereocenters. The lowest BCUT2D eigenvalue weighted by molar-refractivity contribution is 0.669. The van der Waals surface area contributed by atoms with Crippen molar-refractivity contribution in [2.24, 2.45) is 0 Å². The molecule has 2 nitrogen and oxygen atoms in total. The lowest BCUT2D eigenvalue weighted by atomic mass is 10.1. The topological polar surface area (TPSA) is 16.4 Å². The molecule has 0 spiro atoms. The first-order valence-corrected chi connectivity index (χ1v) is 8.38. The summed E-state index contributed by atoms with van der Waals surface area (Å²) in [7, 11) is 0. The number of nitrogens with zero attached hydrogens (tertiary/aromatic N) is 1. The van der Waals surface area contributed by atoms with Gasteiger partial charge in [0.25, 0.3) is 0 Å². The number of para-hydroxylation sites is 2. The second kappa shape index (κ2) is 6.49. The highest BCUT2D eigenvalue weighted by atomic mass is 35.5. The molecule has 27 heavy (non-hydrogen) atoms. The molecule has 1 heterocycles. The van der Waals surface area contributed by atoms with E-state index >= 15 is 0 Å². The second-order valence-corrected chi connectivity index (χ2v) is 6.09. The molecule has 0 bridgehead atoms. The van der Waals surface area contributed by atoms with E-state index in [0.717, 1.165) is 4.90 Å². The maximum atomic E-state index is 8.53. The third-order valence-corrected chi connectivity index (χ3v) is 4.42. The van der Waals surface area contributed by atoms with Crippen LogP contribution in [0.1, 0.15) is 13.7 Å². The van der Waals surface area contributed by atoms with Crippen molar-refractivity contribution in [3.63, 3.8) is 0 Å². The smallest absolute Gasteiger partial charge is 0.137 e. The molecule has 0 aliphatic heterocycles. The Kier molecular flexibility index (Phi) is 2.08. The van der Waals surface area contributed by atoms with Crippen LogP contribution in [0.2, 0.25) is 5.02 Å². The number of furan rings is 1. The maximum Gasteiger partial charge on any atom is 0.137 e. The molecule has 0 amide bonds. The van der Waals surface area contributed by atoms with Gasteiger partial charge in [-0.05, 0) is 48.4 Å². The summed E-state index contributed by atoms with van der Waals surface area (Å²) in [6.45, 7) is 0. The van der Waals surface area contributed by atoms with Crippen molar-refractivity contribution in [2.45, 2.75) is 0 Å². The first-order valence-electron chi connectivity index (χ1n) is 13.0. The van der Waals surface area contributed by atoms with E-state index in [1.54, 1.807) is 30.3 Å². The van der Waals surface area contributed by atoms with E-state index in [0.29, 0.717) is 27.0 Å². The number of fused-ring (bicyclic) bond motifs is 3. The molecule has 5 aromatic rings. The fraction of sp³-hybridized carbons (Fsp3) is 0. The van der Waals surface area contributed by atoms with Crippen molar-refractivity contribution in [1.29, 1.82) is 0 Å². The van der Waals surface area contributed by atoms with Crippen molar-refractivity contribution in [2.75, 3.05) is 4.90 Å². The van der Waals surface area contributed by atoms with E-state index in [9.17, 15) is 0 Å². The summed E-state index contributed by atoms with van der Waals surface area (Å²) < 4.78 is 88.5. The first kappa shape index (κ1) is 8.64. The molecule has 0 aliphatic rings. The first-order chi connectivity index (χ1) is 17.5. The minimum atomic E-state index is -0.634. The standard InChI is InChI=1S/C24H16ClNO/c25-21-12-7-13-22-24(21)20-15-14-19(16-23(20)27-22)26(17-8-3-1-4-9-17)18-10-5-2-6-11-18/h1-16H/i1D,2D,3D,4D,5D,6D,8D,9D,10D,11D. The van der Waals surface area contributed by atoms with Crippen molar-refractivity contribution in [1.82, 2.24) is 0 Å². The Balaban J connectivity index is 1.92. The highest BCUT2D eigenvalue weighted by Gasteiger charge is 2.15. The lowest BCUT2D eigenvalue weighted by Gasteiger charge is -2.25. The Morgan fingerprint density at radius 3 is 2.07 bits per heavy atom. The number of anilines is 3. The molecule has 0 N–H and O–H groups in total. The van der Waals surface area contributed by atoms with Gasteiger partial charge in [0.2, 0.25) is 0 Å². The number of rotatable bonds is 3. The van der Waals surface area contributed by atoms with Gasteiger partial charge >= 0.3 is 0 Å². The third kappa shape index (κ3) is 2.75. The fourth-order valence-electron chi connectivity index (χ4n) is 2.99. The highest BCUT2D eigenvalue weighted by Crippen LogP contribution is 2.39. The van der Waals surface area contributed by atoms with E-state index < -0.39 is 60.4 Å². The number of hydrogen-bond acceptors (Lipinski definition) is 2. The maximum absolute atomic E-state index is 8.53. The van der Waals surface area contributed by atoms with Crippen LogP contribution in [0.15, 0.2) is 101 Å². The van der Waals surface area contributed by atoms with Crippen LogP contribution in [0.3, 0.4) is 0 Å². The van der Waals surface area contributed by atoms with Gasteiger partial charge < -0.3 is 9.32 Å². The van der Waals surface area contributed by atoms with Crippen LogP contribution in [0.4, 0.5) is 17.1 Å². The Morgan fingerprint density at radius 1 is 0.741 bits per heavy atom. The average Bonchev–Trinajstić information content (AvgIpc) is 3.26. The van der Waals surface area contributed by atoms with Gasteiger partial charge in [-0.3, -0.25) is 0 Å². The van der Waals surface area contributed by atoms with Crippen LogP contribution in [0, 0.1) is 0 Å². The average molecular weight is 380 g/mol. The van der Waals surface area contributed by atoms with Crippen LogP contribution >= 0.6 is 11.6 Å². The van der Waals surface area contributed by atoms with Crippen LogP contribution in [0.5, 0.6) is 0 Å². The molecule has 0 saturated heterocycles. The summed E-state index contributed by atoms with van der Waals surface area (Å²) >= 11 is 6.37. The van der Waals surface area contributed by atoms with E-state index in [2.05, 4.69) is 0 Å². The monoisotopic (exact) mass is 379 g/mol. The quantitative estimate of drug-likeness (QED) is 0.319. The molecule has 0 saturated carbocycles. The molecule has 0 atom stereocenters. The predicted octanol–water partition coefficient (Wildman–Crippen LogP) is 7.71. The van der Waals surface area contributed by atoms with Crippen LogP contribution in [-0.2, 0) is 0 Å². The molecule has 0 aliphatic carbocycles. The SMILES string of the molecule is [2H]c1c([2H])c([2H])c(N(c2ccc3c(c2)oc2cccc(Cl)c23)c2c([2H])c([2H])c([2H])c([2H])c2[2H])c([2H])c1[2H]. The Bertz CT molecular complexity index is 1640. The minimum absolute atomic E-state index is 0.153. The molecule has 0 fully saturated rings. The minimum Gasteiger partial charge on any atom is -0.456 e. The van der Waals surface area contributed by atoms with Gasteiger partial charge in [0.1, 0.15) is 11.2 Å². The summed E-state index contributed by atoms with van der Waals surface area (Å²) in [5.74, 6) is 0. The van der Waals surface area contributed by atoms with Gasteiger partial charge in [-0.15, -0.1) is 0 Å². The Morgan fingerprint density at radius 2 is 1.41 bits per heavy atom. The second-order valence-electron chi connectivity index (χ2n) is 5.68. The molecule has 3 heteroatoms. The van der Waals surface area contributed by atoms with E-state index in [1.807, 2.05) is 0 Å². The number of hydrogen-bond donors (Lipinski definition) is 0. The van der Waals surface area contributed by atoms with Crippen LogP contribution in [-0.4, -0.2) is 0 Å². The number of halogens is 1. The van der Waals surface area contributed by atoms with Gasteiger partial charge in [0.15, 0.2) is 0 Å². The Labute approximate surface area is 176 Å². The molecular formula is C24H16ClNO. The van der Waals surface area contributed by atoms with Crippen LogP contribution in [0.25, 0.3) is 21.9 Å². The van der Waals surface area contributed by atoms with Gasteiger partial charge in [0, 0.05) is 33.9 Å². The normalized spacial score (nSPS) is 16.3. The summed E-state index contributed by atoms with van der Waals surface area (Å²) in [6, 6.07) is 3.65. The third-order valence-electron chi connectivity index (χ3n) is 4.11. The summed E-state index contributed by atoms with van der Waals surface area (Å²) in [4.78, 5) is 1.08. The van der Waals surface area contributed by atoms with E-state index in [-0.39, 0.29) is 17.1 Å². The molecule has 0 radical (unpaired) electrons. The molecule has 1 aromatic heterocycles. The van der Waals surface area contributed by atoms with E-state index in [4.69, 9.17) is 29.7 Å². The van der Waals surface area contributed by atoms with E-state index in [1.165, 1.54) is 6.07 Å². The van der Waals surface area contributed by atoms with Crippen molar-refractivity contribution in [3.05, 3.63) is 102 Å². The molecule has 4 aromatic carbocycles. The van der Waals surface area contributed by atoms with Gasteiger partial charge in [-0.1, -0.05) is 53.9 Å². The highest BCUT2D eigenvalue weighted by molar-refractivity contribution is 6.37. The molecule has 130 valence electrons. The van der Waals surface area contributed by atoms with Gasteiger partial charge in [-0.25, -0.2) is 0 Å². The zero-order chi connectivity index (χ0) is 26.9. The van der Waals surface area contributed by atoms with Crippen molar-refractivity contribution in [3.8, 4) is 0 Å². The fourth-order valence-corrected chi connectivity index (χ4v) is 3.26. The molecule has 5 rings (SSSR count). The Hall–Kier alpha value is -3.23. The summed E-state index contributed by atoms with van der Waals surface area (Å²) in [5, 5.41) is 1.76. The largest absolute Gasteiger partial charge is 0.456 e. The zero-order valence-electron chi connectivity index (χ0n) is 23.7. The van der Waals surface area contributed by atoms with Crippen molar-refractivity contribution >= 4 is 50.6 Å². The lowest BCUT2D eigenvalue weighted by Crippen LogP contribution is -2.09. The number of benzene rings is 4.